The van der Waals surface area contributed by atoms with E-state index in [1.165, 1.54) is 6.92 Å². The smallest absolute Gasteiger partial charge is 0.346 e. The van der Waals surface area contributed by atoms with E-state index in [0.717, 1.165) is 0 Å². The van der Waals surface area contributed by atoms with Gasteiger partial charge in [0, 0.05) is 6.92 Å². The topological polar surface area (TPSA) is 87.5 Å². The SMILES string of the molecule is CCOC(C)=O.N=CC(=O)O. The fourth-order valence-corrected chi connectivity index (χ4v) is 0.203. The zero-order valence-electron chi connectivity index (χ0n) is 6.46. The van der Waals surface area contributed by atoms with Crippen LogP contribution >= 0.6 is 0 Å². The molecule has 0 aromatic heterocycles. The van der Waals surface area contributed by atoms with Crippen molar-refractivity contribution in [2.45, 2.75) is 13.8 Å². The average Bonchev–Trinajstić information content (AvgIpc) is 1.89. The van der Waals surface area contributed by atoms with Crippen molar-refractivity contribution in [2.75, 3.05) is 6.61 Å². The standard InChI is InChI=1S/C4H8O2.C2H3NO2/c1-3-6-4(2)5;3-1-2(4)5/h3H2,1-2H3;1,3H,(H,4,5). The average molecular weight is 161 g/mol. The van der Waals surface area contributed by atoms with Gasteiger partial charge in [-0.15, -0.1) is 0 Å². The summed E-state index contributed by atoms with van der Waals surface area (Å²) in [5.41, 5.74) is 0. The second-order valence-corrected chi connectivity index (χ2v) is 1.41. The maximum Gasteiger partial charge on any atom is 0.346 e. The van der Waals surface area contributed by atoms with E-state index in [1.54, 1.807) is 6.92 Å². The molecular formula is C6H11NO4. The van der Waals surface area contributed by atoms with Crippen LogP contribution in [0.2, 0.25) is 0 Å². The lowest BCUT2D eigenvalue weighted by molar-refractivity contribution is -0.140. The number of aliphatic carboxylic acids is 1. The molecule has 5 heteroatoms. The summed E-state index contributed by atoms with van der Waals surface area (Å²) in [7, 11) is 0. The summed E-state index contributed by atoms with van der Waals surface area (Å²) in [6.45, 7) is 3.65. The van der Waals surface area contributed by atoms with Crippen molar-refractivity contribution in [1.29, 1.82) is 5.41 Å². The van der Waals surface area contributed by atoms with E-state index in [2.05, 4.69) is 4.74 Å². The molecule has 0 saturated carbocycles. The van der Waals surface area contributed by atoms with Gasteiger partial charge in [0.2, 0.25) is 0 Å². The summed E-state index contributed by atoms with van der Waals surface area (Å²) in [6.07, 6.45) is 0.333. The van der Waals surface area contributed by atoms with Gasteiger partial charge in [0.05, 0.1) is 6.61 Å². The molecule has 0 bridgehead atoms. The van der Waals surface area contributed by atoms with Gasteiger partial charge in [0.1, 0.15) is 6.21 Å². The van der Waals surface area contributed by atoms with Gasteiger partial charge in [0.15, 0.2) is 0 Å². The van der Waals surface area contributed by atoms with Crippen LogP contribution in [0.4, 0.5) is 0 Å². The highest BCUT2D eigenvalue weighted by atomic mass is 16.5. The van der Waals surface area contributed by atoms with E-state index < -0.39 is 5.97 Å². The predicted molar refractivity (Wildman–Crippen MR) is 38.7 cm³/mol. The van der Waals surface area contributed by atoms with Crippen LogP contribution in [0.1, 0.15) is 13.8 Å². The molecular weight excluding hydrogens is 150 g/mol. The highest BCUT2D eigenvalue weighted by Gasteiger charge is 1.81. The number of hydrogen-bond donors (Lipinski definition) is 2. The first-order valence-electron chi connectivity index (χ1n) is 2.91. The molecule has 0 spiro atoms. The summed E-state index contributed by atoms with van der Waals surface area (Å²) in [4.78, 5) is 18.9. The van der Waals surface area contributed by atoms with E-state index in [-0.39, 0.29) is 5.97 Å². The van der Waals surface area contributed by atoms with E-state index >= 15 is 0 Å². The van der Waals surface area contributed by atoms with Crippen LogP contribution in [-0.2, 0) is 14.3 Å². The van der Waals surface area contributed by atoms with Crippen LogP contribution in [0, 0.1) is 5.41 Å². The van der Waals surface area contributed by atoms with Gasteiger partial charge in [-0.2, -0.15) is 0 Å². The summed E-state index contributed by atoms with van der Waals surface area (Å²) in [6, 6.07) is 0. The number of carboxylic acid groups (broad SMARTS) is 1. The normalized spacial score (nSPS) is 7.09. The maximum absolute atomic E-state index is 9.82. The van der Waals surface area contributed by atoms with Gasteiger partial charge < -0.3 is 15.3 Å². The van der Waals surface area contributed by atoms with Crippen LogP contribution in [0.5, 0.6) is 0 Å². The Balaban J connectivity index is 0. The van der Waals surface area contributed by atoms with E-state index in [9.17, 15) is 4.79 Å². The third kappa shape index (κ3) is 28.9. The lowest BCUT2D eigenvalue weighted by Crippen LogP contribution is -1.95. The van der Waals surface area contributed by atoms with E-state index in [0.29, 0.717) is 12.8 Å². The van der Waals surface area contributed by atoms with Crippen LogP contribution in [0.3, 0.4) is 0 Å². The summed E-state index contributed by atoms with van der Waals surface area (Å²) in [5, 5.41) is 13.4. The van der Waals surface area contributed by atoms with Crippen molar-refractivity contribution < 1.29 is 19.4 Å². The van der Waals surface area contributed by atoms with Crippen molar-refractivity contribution in [3.8, 4) is 0 Å². The molecule has 64 valence electrons. The quantitative estimate of drug-likeness (QED) is 0.450. The van der Waals surface area contributed by atoms with Gasteiger partial charge in [0.25, 0.3) is 0 Å². The highest BCUT2D eigenvalue weighted by molar-refractivity contribution is 6.20. The zero-order valence-corrected chi connectivity index (χ0v) is 6.46. The lowest BCUT2D eigenvalue weighted by Gasteiger charge is -1.89. The highest BCUT2D eigenvalue weighted by Crippen LogP contribution is 1.69. The number of ether oxygens (including phenoxy) is 1. The van der Waals surface area contributed by atoms with Gasteiger partial charge in [-0.3, -0.25) is 4.79 Å². The van der Waals surface area contributed by atoms with Gasteiger partial charge in [-0.25, -0.2) is 4.79 Å². The lowest BCUT2D eigenvalue weighted by atomic mass is 10.8. The summed E-state index contributed by atoms with van der Waals surface area (Å²) < 4.78 is 4.40. The number of carbonyl (C=O) groups excluding carboxylic acids is 1. The molecule has 0 aliphatic rings. The Morgan fingerprint density at radius 1 is 1.64 bits per heavy atom. The molecule has 0 unspecified atom stereocenters. The number of esters is 1. The second-order valence-electron chi connectivity index (χ2n) is 1.41. The summed E-state index contributed by atoms with van der Waals surface area (Å²) >= 11 is 0. The van der Waals surface area contributed by atoms with Gasteiger partial charge in [-0.05, 0) is 6.92 Å². The fraction of sp³-hybridized carbons (Fsp3) is 0.500. The number of rotatable bonds is 2. The Morgan fingerprint density at radius 2 is 2.00 bits per heavy atom. The Kier molecular flexibility index (Phi) is 9.63. The van der Waals surface area contributed by atoms with Gasteiger partial charge in [-0.1, -0.05) is 0 Å². The van der Waals surface area contributed by atoms with E-state index in [4.69, 9.17) is 15.3 Å². The first-order chi connectivity index (χ1) is 5.04. The largest absolute Gasteiger partial charge is 0.477 e. The van der Waals surface area contributed by atoms with Crippen LogP contribution in [0.25, 0.3) is 0 Å². The molecule has 0 heterocycles. The summed E-state index contributed by atoms with van der Waals surface area (Å²) in [5.74, 6) is -1.41. The predicted octanol–water partition coefficient (Wildman–Crippen LogP) is 0.290. The van der Waals surface area contributed by atoms with Crippen molar-refractivity contribution in [2.24, 2.45) is 0 Å². The molecule has 0 fully saturated rings. The van der Waals surface area contributed by atoms with Crippen LogP contribution in [0.15, 0.2) is 0 Å². The Labute approximate surface area is 64.5 Å². The Hall–Kier alpha value is -1.39. The molecule has 0 rings (SSSR count). The third-order valence-corrected chi connectivity index (χ3v) is 0.471. The molecule has 0 aliphatic carbocycles. The molecule has 0 radical (unpaired) electrons. The van der Waals surface area contributed by atoms with Crippen molar-refractivity contribution >= 4 is 18.2 Å². The molecule has 0 saturated heterocycles. The minimum absolute atomic E-state index is 0.211. The molecule has 0 amide bonds. The monoisotopic (exact) mass is 161 g/mol. The fourth-order valence-electron chi connectivity index (χ4n) is 0.203. The first-order valence-corrected chi connectivity index (χ1v) is 2.91. The zero-order chi connectivity index (χ0) is 9.28. The molecule has 2 N–H and O–H groups in total. The van der Waals surface area contributed by atoms with Crippen LogP contribution < -0.4 is 0 Å². The molecule has 0 aliphatic heterocycles. The Bertz CT molecular complexity index is 144. The molecule has 0 aromatic carbocycles. The van der Waals surface area contributed by atoms with Crippen LogP contribution in [-0.4, -0.2) is 29.9 Å². The van der Waals surface area contributed by atoms with E-state index in [1.807, 2.05) is 0 Å². The second kappa shape index (κ2) is 8.61. The van der Waals surface area contributed by atoms with Crippen molar-refractivity contribution in [3.05, 3.63) is 0 Å². The van der Waals surface area contributed by atoms with Gasteiger partial charge >= 0.3 is 11.9 Å². The maximum atomic E-state index is 9.82. The number of carbonyl (C=O) groups is 2. The molecule has 0 aromatic rings. The van der Waals surface area contributed by atoms with Crippen molar-refractivity contribution in [1.82, 2.24) is 0 Å². The molecule has 5 nitrogen and oxygen atoms in total. The Morgan fingerprint density at radius 3 is 2.00 bits per heavy atom. The molecule has 11 heavy (non-hydrogen) atoms. The number of hydrogen-bond acceptors (Lipinski definition) is 4. The van der Waals surface area contributed by atoms with Crippen molar-refractivity contribution in [3.63, 3.8) is 0 Å². The first kappa shape index (κ1) is 12.3. The number of carboxylic acids is 1. The third-order valence-electron chi connectivity index (χ3n) is 0.471. The molecule has 0 atom stereocenters. The minimum Gasteiger partial charge on any atom is -0.477 e. The minimum atomic E-state index is -1.20. The number of nitrogens with one attached hydrogen (secondary N) is 1.